The third-order valence-electron chi connectivity index (χ3n) is 1.85. The summed E-state index contributed by atoms with van der Waals surface area (Å²) in [5.74, 6) is 0. The van der Waals surface area contributed by atoms with Crippen LogP contribution in [0.25, 0.3) is 0 Å². The standard InChI is InChI=1S/C7H9NO.C3H8O.C2H6/c1-5-3-8-7(4-9)6(5)2;1-3-4-2;1-2/h3-4,8H,1-2H3;3H2,1-2H3;1-2H3. The number of carbonyl (C=O) groups excluding carboxylic acids is 1. The van der Waals surface area contributed by atoms with Gasteiger partial charge in [-0.1, -0.05) is 13.8 Å². The first-order valence-corrected chi connectivity index (χ1v) is 5.26. The van der Waals surface area contributed by atoms with Gasteiger partial charge in [0.05, 0.1) is 5.69 Å². The van der Waals surface area contributed by atoms with Crippen molar-refractivity contribution in [3.8, 4) is 0 Å². The summed E-state index contributed by atoms with van der Waals surface area (Å²) in [5, 5.41) is 0. The van der Waals surface area contributed by atoms with Crippen LogP contribution in [0.2, 0.25) is 0 Å². The van der Waals surface area contributed by atoms with Crippen LogP contribution in [0.1, 0.15) is 42.4 Å². The number of methoxy groups -OCH3 is 1. The van der Waals surface area contributed by atoms with Gasteiger partial charge in [-0.2, -0.15) is 0 Å². The predicted molar refractivity (Wildman–Crippen MR) is 64.6 cm³/mol. The number of carbonyl (C=O) groups is 1. The zero-order valence-electron chi connectivity index (χ0n) is 10.7. The number of aldehydes is 1. The van der Waals surface area contributed by atoms with Gasteiger partial charge in [0.15, 0.2) is 6.29 Å². The highest BCUT2D eigenvalue weighted by Crippen LogP contribution is 2.07. The minimum absolute atomic E-state index is 0.688. The Bertz CT molecular complexity index is 252. The zero-order chi connectivity index (χ0) is 12.3. The molecule has 1 heterocycles. The van der Waals surface area contributed by atoms with Gasteiger partial charge in [0.1, 0.15) is 0 Å². The molecule has 15 heavy (non-hydrogen) atoms. The van der Waals surface area contributed by atoms with E-state index in [0.717, 1.165) is 24.0 Å². The molecule has 0 amide bonds. The van der Waals surface area contributed by atoms with Gasteiger partial charge in [-0.25, -0.2) is 0 Å². The van der Waals surface area contributed by atoms with Crippen LogP contribution in [0.5, 0.6) is 0 Å². The molecular formula is C12H23NO2. The molecule has 0 aliphatic heterocycles. The van der Waals surface area contributed by atoms with Crippen molar-refractivity contribution < 1.29 is 9.53 Å². The molecule has 0 fully saturated rings. The first-order valence-electron chi connectivity index (χ1n) is 5.26. The van der Waals surface area contributed by atoms with Crippen molar-refractivity contribution in [3.63, 3.8) is 0 Å². The Morgan fingerprint density at radius 3 is 2.00 bits per heavy atom. The van der Waals surface area contributed by atoms with Crippen LogP contribution in [-0.4, -0.2) is 25.0 Å². The number of ether oxygens (including phenoxy) is 1. The van der Waals surface area contributed by atoms with E-state index in [1.54, 1.807) is 7.11 Å². The molecule has 0 bridgehead atoms. The third-order valence-corrected chi connectivity index (χ3v) is 1.85. The minimum Gasteiger partial charge on any atom is -0.385 e. The Balaban J connectivity index is 0. The Kier molecular flexibility index (Phi) is 12.0. The first kappa shape index (κ1) is 16.3. The van der Waals surface area contributed by atoms with E-state index in [1.165, 1.54) is 0 Å². The van der Waals surface area contributed by atoms with Gasteiger partial charge in [0, 0.05) is 19.9 Å². The lowest BCUT2D eigenvalue weighted by Crippen LogP contribution is -1.81. The van der Waals surface area contributed by atoms with E-state index in [0.29, 0.717) is 5.69 Å². The van der Waals surface area contributed by atoms with E-state index in [4.69, 9.17) is 0 Å². The molecule has 0 aliphatic rings. The van der Waals surface area contributed by atoms with Crippen molar-refractivity contribution in [2.75, 3.05) is 13.7 Å². The molecule has 88 valence electrons. The smallest absolute Gasteiger partial charge is 0.166 e. The Morgan fingerprint density at radius 1 is 1.40 bits per heavy atom. The highest BCUT2D eigenvalue weighted by Gasteiger charge is 1.99. The monoisotopic (exact) mass is 213 g/mol. The largest absolute Gasteiger partial charge is 0.385 e. The molecule has 0 unspecified atom stereocenters. The lowest BCUT2D eigenvalue weighted by atomic mass is 10.2. The maximum atomic E-state index is 10.2. The second-order valence-electron chi connectivity index (χ2n) is 2.71. The molecule has 3 heteroatoms. The molecule has 1 aromatic rings. The van der Waals surface area contributed by atoms with Crippen LogP contribution >= 0.6 is 0 Å². The van der Waals surface area contributed by atoms with Crippen molar-refractivity contribution in [1.29, 1.82) is 0 Å². The Labute approximate surface area is 92.8 Å². The van der Waals surface area contributed by atoms with Gasteiger partial charge in [0.25, 0.3) is 0 Å². The van der Waals surface area contributed by atoms with Gasteiger partial charge in [-0.05, 0) is 31.9 Å². The average Bonchev–Trinajstić information content (AvgIpc) is 2.62. The van der Waals surface area contributed by atoms with Gasteiger partial charge >= 0.3 is 0 Å². The van der Waals surface area contributed by atoms with E-state index in [-0.39, 0.29) is 0 Å². The van der Waals surface area contributed by atoms with Gasteiger partial charge in [-0.15, -0.1) is 0 Å². The van der Waals surface area contributed by atoms with Crippen molar-refractivity contribution in [2.45, 2.75) is 34.6 Å². The summed E-state index contributed by atoms with van der Waals surface area (Å²) in [6.45, 7) is 10.7. The number of aromatic amines is 1. The summed E-state index contributed by atoms with van der Waals surface area (Å²) >= 11 is 0. The molecule has 0 saturated heterocycles. The van der Waals surface area contributed by atoms with E-state index < -0.39 is 0 Å². The quantitative estimate of drug-likeness (QED) is 0.767. The fourth-order valence-corrected chi connectivity index (χ4v) is 0.737. The first-order chi connectivity index (χ1) is 7.17. The number of aryl methyl sites for hydroxylation is 1. The van der Waals surface area contributed by atoms with Crippen LogP contribution in [0.4, 0.5) is 0 Å². The summed E-state index contributed by atoms with van der Waals surface area (Å²) in [6.07, 6.45) is 2.67. The fourth-order valence-electron chi connectivity index (χ4n) is 0.737. The molecule has 0 aromatic carbocycles. The SMILES string of the molecule is CC.CCOC.Cc1c[nH]c(C=O)c1C. The average molecular weight is 213 g/mol. The highest BCUT2D eigenvalue weighted by molar-refractivity contribution is 5.75. The molecule has 0 aliphatic carbocycles. The summed E-state index contributed by atoms with van der Waals surface area (Å²) in [5.41, 5.74) is 2.87. The van der Waals surface area contributed by atoms with E-state index in [9.17, 15) is 4.79 Å². The Morgan fingerprint density at radius 2 is 1.87 bits per heavy atom. The highest BCUT2D eigenvalue weighted by atomic mass is 16.5. The van der Waals surface area contributed by atoms with Gasteiger partial charge in [0.2, 0.25) is 0 Å². The Hall–Kier alpha value is -1.09. The van der Waals surface area contributed by atoms with Crippen molar-refractivity contribution in [2.24, 2.45) is 0 Å². The number of aromatic nitrogens is 1. The maximum absolute atomic E-state index is 10.2. The number of rotatable bonds is 2. The molecule has 0 radical (unpaired) electrons. The molecule has 1 aromatic heterocycles. The van der Waals surface area contributed by atoms with Crippen molar-refractivity contribution in [1.82, 2.24) is 4.98 Å². The molecule has 3 nitrogen and oxygen atoms in total. The second kappa shape index (κ2) is 11.0. The van der Waals surface area contributed by atoms with Crippen LogP contribution in [0, 0.1) is 13.8 Å². The summed E-state index contributed by atoms with van der Waals surface area (Å²) < 4.78 is 4.54. The topological polar surface area (TPSA) is 42.1 Å². The van der Waals surface area contributed by atoms with Crippen LogP contribution in [0.3, 0.4) is 0 Å². The molecule has 0 atom stereocenters. The number of H-pyrrole nitrogens is 1. The number of nitrogens with one attached hydrogen (secondary N) is 1. The van der Waals surface area contributed by atoms with Crippen LogP contribution in [0.15, 0.2) is 6.20 Å². The maximum Gasteiger partial charge on any atom is 0.166 e. The lowest BCUT2D eigenvalue weighted by molar-refractivity contribution is 0.111. The summed E-state index contributed by atoms with van der Waals surface area (Å²) in [7, 11) is 1.68. The molecule has 1 N–H and O–H groups in total. The van der Waals surface area contributed by atoms with Gasteiger partial charge in [-0.3, -0.25) is 4.79 Å². The number of hydrogen-bond acceptors (Lipinski definition) is 2. The molecule has 0 saturated carbocycles. The normalized spacial score (nSPS) is 8.13. The fraction of sp³-hybridized carbons (Fsp3) is 0.583. The van der Waals surface area contributed by atoms with Crippen molar-refractivity contribution >= 4 is 6.29 Å². The van der Waals surface area contributed by atoms with Gasteiger partial charge < -0.3 is 9.72 Å². The molecule has 1 rings (SSSR count). The van der Waals surface area contributed by atoms with Crippen LogP contribution in [-0.2, 0) is 4.74 Å². The molecule has 0 spiro atoms. The lowest BCUT2D eigenvalue weighted by Gasteiger charge is -1.85. The minimum atomic E-state index is 0.688. The number of hydrogen-bond donors (Lipinski definition) is 1. The predicted octanol–water partition coefficient (Wildman–Crippen LogP) is 3.12. The van der Waals surface area contributed by atoms with E-state index in [2.05, 4.69) is 9.72 Å². The third kappa shape index (κ3) is 6.91. The van der Waals surface area contributed by atoms with Crippen LogP contribution < -0.4 is 0 Å². The van der Waals surface area contributed by atoms with E-state index >= 15 is 0 Å². The summed E-state index contributed by atoms with van der Waals surface area (Å²) in [4.78, 5) is 13.1. The van der Waals surface area contributed by atoms with E-state index in [1.807, 2.05) is 40.8 Å². The zero-order valence-corrected chi connectivity index (χ0v) is 10.7. The molecular weight excluding hydrogens is 190 g/mol. The van der Waals surface area contributed by atoms with Crippen molar-refractivity contribution in [3.05, 3.63) is 23.0 Å². The second-order valence-corrected chi connectivity index (χ2v) is 2.71. The summed E-state index contributed by atoms with van der Waals surface area (Å²) in [6, 6.07) is 0.